The molecule has 0 saturated carbocycles. The first-order valence-corrected chi connectivity index (χ1v) is 8.10. The Hall–Kier alpha value is -2.33. The summed E-state index contributed by atoms with van der Waals surface area (Å²) in [6, 6.07) is 12.0. The normalized spacial score (nSPS) is 9.54. The lowest BCUT2D eigenvalue weighted by molar-refractivity contribution is 0.0600. The minimum absolute atomic E-state index is 0.229. The predicted molar refractivity (Wildman–Crippen MR) is 96.5 cm³/mol. The Morgan fingerprint density at radius 2 is 1.62 bits per heavy atom. The Bertz CT molecular complexity index is 696. The van der Waals surface area contributed by atoms with Gasteiger partial charge in [0.25, 0.3) is 5.91 Å². The third kappa shape index (κ3) is 5.39. The van der Waals surface area contributed by atoms with Crippen LogP contribution in [0.4, 0.5) is 0 Å². The van der Waals surface area contributed by atoms with E-state index in [1.807, 2.05) is 39.0 Å². The summed E-state index contributed by atoms with van der Waals surface area (Å²) >= 11 is 6.13. The molecule has 0 saturated heterocycles. The Morgan fingerprint density at radius 1 is 1.04 bits per heavy atom. The molecule has 1 amide bonds. The summed E-state index contributed by atoms with van der Waals surface area (Å²) in [6.45, 7) is 6.30. The number of hydrogen-bond acceptors (Lipinski definition) is 3. The molecule has 2 rings (SSSR count). The highest BCUT2D eigenvalue weighted by Crippen LogP contribution is 2.17. The molecule has 2 aromatic rings. The number of amides is 1. The van der Waals surface area contributed by atoms with Gasteiger partial charge in [-0.15, -0.1) is 0 Å². The minimum atomic E-state index is -0.432. The van der Waals surface area contributed by atoms with Crippen LogP contribution in [0.15, 0.2) is 42.5 Å². The Balaban J connectivity index is 0.00000139. The second-order valence-electron chi connectivity index (χ2n) is 4.85. The zero-order chi connectivity index (χ0) is 18.1. The maximum absolute atomic E-state index is 12.1. The van der Waals surface area contributed by atoms with Gasteiger partial charge in [0.1, 0.15) is 0 Å². The standard InChI is InChI=1S/C17H16ClNO3.C2H6/c1-11-3-4-14(15(18)9-11)10-19-16(20)12-5-7-13(8-6-12)17(21)22-2;1-2/h3-9H,10H2,1-2H3,(H,19,20);1-2H3. The summed E-state index contributed by atoms with van der Waals surface area (Å²) in [7, 11) is 1.31. The van der Waals surface area contributed by atoms with Crippen molar-refractivity contribution in [1.82, 2.24) is 5.32 Å². The molecule has 1 N–H and O–H groups in total. The second kappa shape index (κ2) is 9.73. The number of rotatable bonds is 4. The van der Waals surface area contributed by atoms with Gasteiger partial charge >= 0.3 is 5.97 Å². The van der Waals surface area contributed by atoms with Gasteiger partial charge in [0.15, 0.2) is 0 Å². The quantitative estimate of drug-likeness (QED) is 0.834. The van der Waals surface area contributed by atoms with Gasteiger partial charge in [0.2, 0.25) is 0 Å². The first kappa shape index (κ1) is 19.7. The average molecular weight is 348 g/mol. The highest BCUT2D eigenvalue weighted by Gasteiger charge is 2.09. The summed E-state index contributed by atoms with van der Waals surface area (Å²) in [6.07, 6.45) is 0. The average Bonchev–Trinajstić information content (AvgIpc) is 2.62. The largest absolute Gasteiger partial charge is 0.465 e. The lowest BCUT2D eigenvalue weighted by atomic mass is 10.1. The maximum Gasteiger partial charge on any atom is 0.337 e. The molecule has 5 heteroatoms. The van der Waals surface area contributed by atoms with Crippen LogP contribution >= 0.6 is 11.6 Å². The van der Waals surface area contributed by atoms with Crippen molar-refractivity contribution in [3.05, 3.63) is 69.7 Å². The van der Waals surface area contributed by atoms with Crippen molar-refractivity contribution in [3.63, 3.8) is 0 Å². The first-order valence-electron chi connectivity index (χ1n) is 7.73. The van der Waals surface area contributed by atoms with Crippen molar-refractivity contribution in [3.8, 4) is 0 Å². The van der Waals surface area contributed by atoms with Crippen molar-refractivity contribution in [1.29, 1.82) is 0 Å². The highest BCUT2D eigenvalue weighted by molar-refractivity contribution is 6.31. The van der Waals surface area contributed by atoms with E-state index in [1.54, 1.807) is 24.3 Å². The van der Waals surface area contributed by atoms with E-state index < -0.39 is 5.97 Å². The number of ether oxygens (including phenoxy) is 1. The summed E-state index contributed by atoms with van der Waals surface area (Å²) in [5, 5.41) is 3.42. The summed E-state index contributed by atoms with van der Waals surface area (Å²) < 4.78 is 4.61. The third-order valence-electron chi connectivity index (χ3n) is 3.22. The van der Waals surface area contributed by atoms with Crippen LogP contribution in [0, 0.1) is 6.92 Å². The SMILES string of the molecule is CC.COC(=O)c1ccc(C(=O)NCc2ccc(C)cc2Cl)cc1. The van der Waals surface area contributed by atoms with Crippen molar-refractivity contribution in [2.75, 3.05) is 7.11 Å². The molecule has 0 atom stereocenters. The third-order valence-corrected chi connectivity index (χ3v) is 3.57. The molecule has 0 fully saturated rings. The van der Waals surface area contributed by atoms with Gasteiger partial charge in [-0.2, -0.15) is 0 Å². The zero-order valence-corrected chi connectivity index (χ0v) is 15.1. The van der Waals surface area contributed by atoms with E-state index in [4.69, 9.17) is 11.6 Å². The van der Waals surface area contributed by atoms with Crippen LogP contribution in [0.25, 0.3) is 0 Å². The van der Waals surface area contributed by atoms with E-state index in [1.165, 1.54) is 7.11 Å². The number of hydrogen-bond donors (Lipinski definition) is 1. The highest BCUT2D eigenvalue weighted by atomic mass is 35.5. The molecular formula is C19H22ClNO3. The number of halogens is 1. The number of methoxy groups -OCH3 is 1. The lowest BCUT2D eigenvalue weighted by Gasteiger charge is -2.08. The van der Waals surface area contributed by atoms with Gasteiger partial charge in [-0.3, -0.25) is 4.79 Å². The topological polar surface area (TPSA) is 55.4 Å². The number of carbonyl (C=O) groups excluding carboxylic acids is 2. The van der Waals surface area contributed by atoms with E-state index in [-0.39, 0.29) is 5.91 Å². The van der Waals surface area contributed by atoms with E-state index in [9.17, 15) is 9.59 Å². The smallest absolute Gasteiger partial charge is 0.337 e. The van der Waals surface area contributed by atoms with Crippen molar-refractivity contribution >= 4 is 23.5 Å². The predicted octanol–water partition coefficient (Wildman–Crippen LogP) is 4.39. The fourth-order valence-corrected chi connectivity index (χ4v) is 2.25. The fourth-order valence-electron chi connectivity index (χ4n) is 1.95. The number of esters is 1. The first-order chi connectivity index (χ1) is 11.5. The van der Waals surface area contributed by atoms with Crippen LogP contribution in [-0.2, 0) is 11.3 Å². The molecule has 4 nitrogen and oxygen atoms in total. The van der Waals surface area contributed by atoms with E-state index in [0.717, 1.165) is 11.1 Å². The minimum Gasteiger partial charge on any atom is -0.465 e. The van der Waals surface area contributed by atoms with Gasteiger partial charge in [-0.05, 0) is 48.4 Å². The van der Waals surface area contributed by atoms with Crippen molar-refractivity contribution < 1.29 is 14.3 Å². The molecule has 0 bridgehead atoms. The number of nitrogens with one attached hydrogen (secondary N) is 1. The fraction of sp³-hybridized carbons (Fsp3) is 0.263. The summed E-state index contributed by atoms with van der Waals surface area (Å²) in [5.41, 5.74) is 2.79. The Labute approximate surface area is 147 Å². The molecule has 2 aromatic carbocycles. The van der Waals surface area contributed by atoms with Crippen LogP contribution in [0.1, 0.15) is 45.7 Å². The maximum atomic E-state index is 12.1. The van der Waals surface area contributed by atoms with Gasteiger partial charge < -0.3 is 10.1 Å². The molecule has 0 aliphatic rings. The van der Waals surface area contributed by atoms with E-state index >= 15 is 0 Å². The lowest BCUT2D eigenvalue weighted by Crippen LogP contribution is -2.23. The second-order valence-corrected chi connectivity index (χ2v) is 5.25. The molecule has 0 radical (unpaired) electrons. The number of aryl methyl sites for hydroxylation is 1. The molecule has 24 heavy (non-hydrogen) atoms. The summed E-state index contributed by atoms with van der Waals surface area (Å²) in [5.74, 6) is -0.661. The van der Waals surface area contributed by atoms with Crippen LogP contribution < -0.4 is 5.32 Å². The summed E-state index contributed by atoms with van der Waals surface area (Å²) in [4.78, 5) is 23.4. The van der Waals surface area contributed by atoms with Crippen LogP contribution in [0.2, 0.25) is 5.02 Å². The van der Waals surface area contributed by atoms with Gasteiger partial charge in [0, 0.05) is 17.1 Å². The molecule has 0 aliphatic carbocycles. The van der Waals surface area contributed by atoms with Gasteiger partial charge in [0.05, 0.1) is 12.7 Å². The van der Waals surface area contributed by atoms with E-state index in [2.05, 4.69) is 10.1 Å². The molecular weight excluding hydrogens is 326 g/mol. The number of carbonyl (C=O) groups is 2. The molecule has 0 spiro atoms. The van der Waals surface area contributed by atoms with Gasteiger partial charge in [-0.25, -0.2) is 4.79 Å². The van der Waals surface area contributed by atoms with Crippen LogP contribution in [0.3, 0.4) is 0 Å². The van der Waals surface area contributed by atoms with Crippen molar-refractivity contribution in [2.45, 2.75) is 27.3 Å². The number of benzene rings is 2. The molecule has 0 aliphatic heterocycles. The Morgan fingerprint density at radius 3 is 2.17 bits per heavy atom. The monoisotopic (exact) mass is 347 g/mol. The zero-order valence-electron chi connectivity index (χ0n) is 14.4. The van der Waals surface area contributed by atoms with Crippen LogP contribution in [-0.4, -0.2) is 19.0 Å². The molecule has 0 aromatic heterocycles. The Kier molecular flexibility index (Phi) is 7.99. The molecule has 0 unspecified atom stereocenters. The van der Waals surface area contributed by atoms with Crippen LogP contribution in [0.5, 0.6) is 0 Å². The van der Waals surface area contributed by atoms with Crippen molar-refractivity contribution in [2.24, 2.45) is 0 Å². The van der Waals surface area contributed by atoms with Gasteiger partial charge in [-0.1, -0.05) is 37.6 Å². The molecule has 0 heterocycles. The van der Waals surface area contributed by atoms with E-state index in [0.29, 0.717) is 22.7 Å². The molecule has 128 valence electrons.